The molecule has 1 atom stereocenters. The molecule has 9 heteroatoms. The van der Waals surface area contributed by atoms with Crippen molar-refractivity contribution in [1.29, 1.82) is 0 Å². The van der Waals surface area contributed by atoms with Crippen LogP contribution in [-0.2, 0) is 21.4 Å². The number of nitrogens with zero attached hydrogens (tertiary/aromatic N) is 2. The maximum absolute atomic E-state index is 13.3. The van der Waals surface area contributed by atoms with Gasteiger partial charge in [-0.15, -0.1) is 0 Å². The first-order chi connectivity index (χ1) is 15.9. The van der Waals surface area contributed by atoms with Crippen LogP contribution < -0.4 is 11.1 Å². The summed E-state index contributed by atoms with van der Waals surface area (Å²) in [6.07, 6.45) is 1.32. The Morgan fingerprint density at radius 1 is 1.06 bits per heavy atom. The number of benzene rings is 2. The zero-order valence-corrected chi connectivity index (χ0v) is 21.3. The number of anilines is 1. The summed E-state index contributed by atoms with van der Waals surface area (Å²) in [4.78, 5) is 26.6. The second-order valence-electron chi connectivity index (χ2n) is 9.24. The number of nitrogens with one attached hydrogen (secondary N) is 1. The summed E-state index contributed by atoms with van der Waals surface area (Å²) in [6.45, 7) is 7.38. The second kappa shape index (κ2) is 10.1. The molecular weight excluding hydrogens is 452 g/mol. The number of nitrogens with two attached hydrogens (primary N) is 1. The number of primary amides is 1. The summed E-state index contributed by atoms with van der Waals surface area (Å²) >= 11 is 0. The Bertz CT molecular complexity index is 1210. The fraction of sp³-hybridized carbons (Fsp3) is 0.440. The number of hydrogen-bond acceptors (Lipinski definition) is 5. The van der Waals surface area contributed by atoms with Crippen molar-refractivity contribution in [3.05, 3.63) is 58.1 Å². The monoisotopic (exact) mass is 486 g/mol. The molecule has 34 heavy (non-hydrogen) atoms. The van der Waals surface area contributed by atoms with Crippen molar-refractivity contribution in [3.63, 3.8) is 0 Å². The Hall–Kier alpha value is -2.91. The summed E-state index contributed by atoms with van der Waals surface area (Å²) < 4.78 is 26.9. The first-order valence-electron chi connectivity index (χ1n) is 11.4. The Balaban J connectivity index is 1.95. The molecule has 0 saturated carbocycles. The minimum absolute atomic E-state index is 0.0334. The maximum atomic E-state index is 13.3. The van der Waals surface area contributed by atoms with Crippen molar-refractivity contribution in [1.82, 2.24) is 9.21 Å². The van der Waals surface area contributed by atoms with Gasteiger partial charge in [-0.3, -0.25) is 9.59 Å². The molecule has 0 aromatic heterocycles. The predicted molar refractivity (Wildman–Crippen MR) is 133 cm³/mol. The van der Waals surface area contributed by atoms with Crippen molar-refractivity contribution < 1.29 is 18.0 Å². The maximum Gasteiger partial charge on any atom is 0.253 e. The van der Waals surface area contributed by atoms with Crippen molar-refractivity contribution in [2.24, 2.45) is 11.7 Å². The van der Waals surface area contributed by atoms with E-state index in [0.29, 0.717) is 31.6 Å². The Morgan fingerprint density at radius 2 is 1.74 bits per heavy atom. The van der Waals surface area contributed by atoms with E-state index in [1.54, 1.807) is 17.0 Å². The fourth-order valence-electron chi connectivity index (χ4n) is 4.17. The minimum atomic E-state index is -3.77. The van der Waals surface area contributed by atoms with Crippen LogP contribution in [-0.4, -0.2) is 56.6 Å². The number of likely N-dealkylation sites (tertiary alicyclic amines) is 1. The van der Waals surface area contributed by atoms with Crippen molar-refractivity contribution >= 4 is 27.5 Å². The first kappa shape index (κ1) is 25.7. The SMILES string of the molecule is Cc1cc(C)c(CNc2cc(C(=O)N3CCC[C@H](C(N)=O)C3)cc(S(=O)(=O)N(C)C)c2)cc1C. The minimum Gasteiger partial charge on any atom is -0.381 e. The van der Waals surface area contributed by atoms with Gasteiger partial charge in [-0.1, -0.05) is 12.1 Å². The van der Waals surface area contributed by atoms with E-state index in [0.717, 1.165) is 15.4 Å². The lowest BCUT2D eigenvalue weighted by Crippen LogP contribution is -2.44. The standard InChI is InChI=1S/C25H34N4O4S/c1-16-9-18(3)21(10-17(16)2)14-27-22-11-20(12-23(13-22)34(32,33)28(4)5)25(31)29-8-6-7-19(15-29)24(26)30/h9-13,19,27H,6-8,14-15H2,1-5H3,(H2,26,30)/t19-/m0/s1. The van der Waals surface area contributed by atoms with Gasteiger partial charge in [0.1, 0.15) is 0 Å². The third kappa shape index (κ3) is 5.59. The summed E-state index contributed by atoms with van der Waals surface area (Å²) in [5.41, 5.74) is 10.9. The van der Waals surface area contributed by atoms with Crippen molar-refractivity contribution in [3.8, 4) is 0 Å². The zero-order valence-electron chi connectivity index (χ0n) is 20.5. The molecule has 3 N–H and O–H groups in total. The largest absolute Gasteiger partial charge is 0.381 e. The van der Waals surface area contributed by atoms with Crippen LogP contribution in [0.4, 0.5) is 5.69 Å². The van der Waals surface area contributed by atoms with Gasteiger partial charge in [-0.25, -0.2) is 12.7 Å². The molecule has 0 unspecified atom stereocenters. The van der Waals surface area contributed by atoms with Crippen LogP contribution in [0.15, 0.2) is 35.2 Å². The van der Waals surface area contributed by atoms with E-state index in [1.165, 1.54) is 31.3 Å². The van der Waals surface area contributed by atoms with E-state index in [9.17, 15) is 18.0 Å². The van der Waals surface area contributed by atoms with E-state index < -0.39 is 21.8 Å². The van der Waals surface area contributed by atoms with Crippen LogP contribution in [0.25, 0.3) is 0 Å². The first-order valence-corrected chi connectivity index (χ1v) is 12.8. The van der Waals surface area contributed by atoms with Crippen LogP contribution in [0.3, 0.4) is 0 Å². The number of rotatable bonds is 7. The van der Waals surface area contributed by atoms with Crippen LogP contribution in [0, 0.1) is 26.7 Å². The number of piperidine rings is 1. The van der Waals surface area contributed by atoms with Crippen LogP contribution >= 0.6 is 0 Å². The highest BCUT2D eigenvalue weighted by Gasteiger charge is 2.29. The van der Waals surface area contributed by atoms with Gasteiger partial charge >= 0.3 is 0 Å². The van der Waals surface area contributed by atoms with Gasteiger partial charge in [0.2, 0.25) is 15.9 Å². The number of amides is 2. The van der Waals surface area contributed by atoms with E-state index >= 15 is 0 Å². The summed E-state index contributed by atoms with van der Waals surface area (Å²) in [5, 5.41) is 3.30. The van der Waals surface area contributed by atoms with Crippen LogP contribution in [0.1, 0.15) is 45.5 Å². The lowest BCUT2D eigenvalue weighted by atomic mass is 9.97. The third-order valence-corrected chi connectivity index (χ3v) is 8.27. The third-order valence-electron chi connectivity index (χ3n) is 6.48. The molecule has 1 saturated heterocycles. The predicted octanol–water partition coefficient (Wildman–Crippen LogP) is 2.81. The Morgan fingerprint density at radius 3 is 2.38 bits per heavy atom. The fourth-order valence-corrected chi connectivity index (χ4v) is 5.14. The summed E-state index contributed by atoms with van der Waals surface area (Å²) in [7, 11) is -0.854. The van der Waals surface area contributed by atoms with E-state index in [1.807, 2.05) is 6.92 Å². The molecular formula is C25H34N4O4S. The molecule has 2 aromatic rings. The molecule has 0 spiro atoms. The number of hydrogen-bond donors (Lipinski definition) is 2. The van der Waals surface area contributed by atoms with Gasteiger partial charge in [0.25, 0.3) is 5.91 Å². The molecule has 1 aliphatic heterocycles. The van der Waals surface area contributed by atoms with Gasteiger partial charge < -0.3 is 16.0 Å². The molecule has 1 aliphatic rings. The molecule has 0 radical (unpaired) electrons. The van der Waals surface area contributed by atoms with Crippen molar-refractivity contribution in [2.75, 3.05) is 32.5 Å². The Kier molecular flexibility index (Phi) is 7.67. The molecule has 1 fully saturated rings. The highest BCUT2D eigenvalue weighted by atomic mass is 32.2. The molecule has 0 bridgehead atoms. The highest BCUT2D eigenvalue weighted by molar-refractivity contribution is 7.89. The van der Waals surface area contributed by atoms with E-state index in [4.69, 9.17) is 5.73 Å². The smallest absolute Gasteiger partial charge is 0.253 e. The van der Waals surface area contributed by atoms with Crippen LogP contribution in [0.5, 0.6) is 0 Å². The zero-order chi connectivity index (χ0) is 25.2. The Labute approximate surface area is 202 Å². The lowest BCUT2D eigenvalue weighted by molar-refractivity contribution is -0.123. The summed E-state index contributed by atoms with van der Waals surface area (Å²) in [5.74, 6) is -1.13. The van der Waals surface area contributed by atoms with Crippen molar-refractivity contribution in [2.45, 2.75) is 45.1 Å². The number of aryl methyl sites for hydroxylation is 3. The highest BCUT2D eigenvalue weighted by Crippen LogP contribution is 2.25. The number of carbonyl (C=O) groups is 2. The second-order valence-corrected chi connectivity index (χ2v) is 11.4. The quantitative estimate of drug-likeness (QED) is 0.625. The van der Waals surface area contributed by atoms with Gasteiger partial charge in [-0.05, 0) is 74.1 Å². The van der Waals surface area contributed by atoms with Gasteiger partial charge in [0.05, 0.1) is 10.8 Å². The topological polar surface area (TPSA) is 113 Å². The molecule has 1 heterocycles. The summed E-state index contributed by atoms with van der Waals surface area (Å²) in [6, 6.07) is 8.85. The molecule has 184 valence electrons. The molecule has 2 amide bonds. The molecule has 3 rings (SSSR count). The normalized spacial score (nSPS) is 16.5. The number of sulfonamides is 1. The molecule has 2 aromatic carbocycles. The van der Waals surface area contributed by atoms with Gasteiger partial charge in [0.15, 0.2) is 0 Å². The van der Waals surface area contributed by atoms with E-state index in [2.05, 4.69) is 31.3 Å². The molecule has 8 nitrogen and oxygen atoms in total. The average molecular weight is 487 g/mol. The lowest BCUT2D eigenvalue weighted by Gasteiger charge is -2.31. The molecule has 0 aliphatic carbocycles. The van der Waals surface area contributed by atoms with Crippen LogP contribution in [0.2, 0.25) is 0 Å². The van der Waals surface area contributed by atoms with E-state index in [-0.39, 0.29) is 22.9 Å². The number of carbonyl (C=O) groups excluding carboxylic acids is 2. The van der Waals surface area contributed by atoms with Gasteiger partial charge in [0, 0.05) is 45.0 Å². The average Bonchev–Trinajstić information content (AvgIpc) is 2.79. The van der Waals surface area contributed by atoms with Gasteiger partial charge in [-0.2, -0.15) is 0 Å².